The molecule has 1 heterocycles. The molecular weight excluding hydrogens is 407 g/mol. The van der Waals surface area contributed by atoms with Gasteiger partial charge in [0.05, 0.1) is 10.5 Å². The van der Waals surface area contributed by atoms with E-state index in [1.807, 2.05) is 5.32 Å². The number of carbonyl (C=O) groups excluding carboxylic acids is 1. The Hall–Kier alpha value is -3.59. The first kappa shape index (κ1) is 20.2. The molecule has 0 fully saturated rings. The van der Waals surface area contributed by atoms with Gasteiger partial charge < -0.3 is 24.8 Å². The maximum Gasteiger partial charge on any atom is 0.322 e. The number of aryl methyl sites for hydroxylation is 1. The van der Waals surface area contributed by atoms with Crippen LogP contribution in [-0.2, 0) is 11.8 Å². The highest BCUT2D eigenvalue weighted by Gasteiger charge is 2.22. The molecule has 0 bridgehead atoms. The zero-order chi connectivity index (χ0) is 21.3. The molecule has 1 aromatic heterocycles. The van der Waals surface area contributed by atoms with Gasteiger partial charge in [-0.25, -0.2) is 4.39 Å². The molecule has 0 aliphatic rings. The molecule has 10 heteroatoms. The van der Waals surface area contributed by atoms with Crippen molar-refractivity contribution in [3.63, 3.8) is 0 Å². The highest BCUT2D eigenvalue weighted by molar-refractivity contribution is 6.30. The number of hydrogen-bond donors (Lipinski definition) is 3. The lowest BCUT2D eigenvalue weighted by Crippen LogP contribution is -2.35. The second kappa shape index (κ2) is 7.80. The number of nitrogens with one attached hydrogen (secondary N) is 1. The highest BCUT2D eigenvalue weighted by atomic mass is 35.5. The predicted molar refractivity (Wildman–Crippen MR) is 102 cm³/mol. The van der Waals surface area contributed by atoms with Gasteiger partial charge in [0.2, 0.25) is 0 Å². The van der Waals surface area contributed by atoms with Gasteiger partial charge in [0.25, 0.3) is 11.5 Å². The lowest BCUT2D eigenvalue weighted by molar-refractivity contribution is -0.135. The molecule has 3 aromatic rings. The van der Waals surface area contributed by atoms with E-state index in [0.717, 1.165) is 4.57 Å². The van der Waals surface area contributed by atoms with Crippen LogP contribution in [0.4, 0.5) is 4.39 Å². The van der Waals surface area contributed by atoms with Gasteiger partial charge in [-0.15, -0.1) is 0 Å². The number of nitrogens with zero attached hydrogens (tertiary/aromatic N) is 1. The minimum Gasteiger partial charge on any atom is -0.506 e. The zero-order valence-electron chi connectivity index (χ0n) is 14.9. The molecule has 0 saturated heterocycles. The number of carboxylic acids is 1. The smallest absolute Gasteiger partial charge is 0.322 e. The van der Waals surface area contributed by atoms with Gasteiger partial charge in [0.1, 0.15) is 23.6 Å². The fraction of sp³-hybridized carbons (Fsp3) is 0.105. The van der Waals surface area contributed by atoms with Gasteiger partial charge in [0.15, 0.2) is 11.6 Å². The molecule has 0 unspecified atom stereocenters. The van der Waals surface area contributed by atoms with Gasteiger partial charge in [-0.1, -0.05) is 17.7 Å². The standard InChI is InChI=1S/C19H14ClFN2O6/c1-23-12-7-9(29-13-4-2-3-11(20)16(13)21)5-6-10(12)17(26)15(19(23)28)18(27)22-8-14(24)25/h2-7,26H,8H2,1H3,(H,22,27)(H,24,25). The summed E-state index contributed by atoms with van der Waals surface area (Å²) in [5.41, 5.74) is -1.22. The second-order valence-corrected chi connectivity index (χ2v) is 6.40. The molecule has 0 atom stereocenters. The lowest BCUT2D eigenvalue weighted by atomic mass is 10.1. The number of ether oxygens (including phenoxy) is 1. The zero-order valence-corrected chi connectivity index (χ0v) is 15.7. The summed E-state index contributed by atoms with van der Waals surface area (Å²) in [7, 11) is 1.36. The third kappa shape index (κ3) is 3.85. The maximum atomic E-state index is 14.0. The molecule has 8 nitrogen and oxygen atoms in total. The van der Waals surface area contributed by atoms with E-state index in [2.05, 4.69) is 0 Å². The summed E-state index contributed by atoms with van der Waals surface area (Å²) in [5, 5.41) is 21.1. The third-order valence-corrected chi connectivity index (χ3v) is 4.40. The molecule has 1 amide bonds. The quantitative estimate of drug-likeness (QED) is 0.584. The number of carboxylic acid groups (broad SMARTS) is 1. The average Bonchev–Trinajstić information content (AvgIpc) is 2.68. The van der Waals surface area contributed by atoms with E-state index in [0.29, 0.717) is 0 Å². The number of fused-ring (bicyclic) bond motifs is 1. The van der Waals surface area contributed by atoms with Crippen LogP contribution in [0.1, 0.15) is 10.4 Å². The van der Waals surface area contributed by atoms with Crippen molar-refractivity contribution in [2.45, 2.75) is 0 Å². The van der Waals surface area contributed by atoms with Gasteiger partial charge in [-0.3, -0.25) is 14.4 Å². The summed E-state index contributed by atoms with van der Waals surface area (Å²) in [6, 6.07) is 8.42. The SMILES string of the molecule is Cn1c(=O)c(C(=O)NCC(=O)O)c(O)c2ccc(Oc3cccc(Cl)c3F)cc21. The summed E-state index contributed by atoms with van der Waals surface area (Å²) in [5.74, 6) is -3.64. The predicted octanol–water partition coefficient (Wildman–Crippen LogP) is 2.64. The molecule has 0 spiro atoms. The fourth-order valence-corrected chi connectivity index (χ4v) is 2.87. The van der Waals surface area contributed by atoms with Crippen LogP contribution in [0.15, 0.2) is 41.2 Å². The molecule has 0 radical (unpaired) electrons. The van der Waals surface area contributed by atoms with Crippen molar-refractivity contribution in [3.8, 4) is 17.2 Å². The van der Waals surface area contributed by atoms with Crippen molar-refractivity contribution >= 4 is 34.4 Å². The second-order valence-electron chi connectivity index (χ2n) is 6.00. The van der Waals surface area contributed by atoms with Crippen molar-refractivity contribution in [2.24, 2.45) is 7.05 Å². The number of hydrogen-bond acceptors (Lipinski definition) is 5. The van der Waals surface area contributed by atoms with Crippen LogP contribution in [0.3, 0.4) is 0 Å². The molecule has 29 heavy (non-hydrogen) atoms. The molecule has 0 aliphatic heterocycles. The van der Waals surface area contributed by atoms with Crippen molar-refractivity contribution < 1.29 is 28.9 Å². The van der Waals surface area contributed by atoms with E-state index in [4.69, 9.17) is 21.4 Å². The Labute approximate surface area is 167 Å². The van der Waals surface area contributed by atoms with Crippen LogP contribution in [0.5, 0.6) is 17.2 Å². The van der Waals surface area contributed by atoms with Gasteiger partial charge in [-0.2, -0.15) is 0 Å². The van der Waals surface area contributed by atoms with Gasteiger partial charge in [0, 0.05) is 18.5 Å². The van der Waals surface area contributed by atoms with Gasteiger partial charge in [-0.05, 0) is 24.3 Å². The maximum absolute atomic E-state index is 14.0. The first-order chi connectivity index (χ1) is 13.7. The number of rotatable bonds is 5. The molecule has 3 rings (SSSR count). The number of benzene rings is 2. The van der Waals surface area contributed by atoms with Crippen LogP contribution in [0.2, 0.25) is 5.02 Å². The minimum absolute atomic E-state index is 0.120. The Morgan fingerprint density at radius 1 is 1.28 bits per heavy atom. The van der Waals surface area contributed by atoms with E-state index in [9.17, 15) is 23.9 Å². The Morgan fingerprint density at radius 3 is 2.69 bits per heavy atom. The number of aromatic nitrogens is 1. The van der Waals surface area contributed by atoms with Crippen LogP contribution < -0.4 is 15.6 Å². The van der Waals surface area contributed by atoms with E-state index in [1.165, 1.54) is 43.4 Å². The number of halogens is 2. The summed E-state index contributed by atoms with van der Waals surface area (Å²) < 4.78 is 20.6. The number of aliphatic carboxylic acids is 1. The van der Waals surface area contributed by atoms with E-state index in [1.54, 1.807) is 0 Å². The van der Waals surface area contributed by atoms with Crippen LogP contribution >= 0.6 is 11.6 Å². The number of pyridine rings is 1. The van der Waals surface area contributed by atoms with Gasteiger partial charge >= 0.3 is 5.97 Å². The Balaban J connectivity index is 2.06. The largest absolute Gasteiger partial charge is 0.506 e. The number of amides is 1. The van der Waals surface area contributed by atoms with Crippen molar-refractivity contribution in [2.75, 3.05) is 6.54 Å². The Kier molecular flexibility index (Phi) is 5.42. The van der Waals surface area contributed by atoms with Crippen molar-refractivity contribution in [1.29, 1.82) is 0 Å². The van der Waals surface area contributed by atoms with E-state index in [-0.39, 0.29) is 27.4 Å². The highest BCUT2D eigenvalue weighted by Crippen LogP contribution is 2.33. The Morgan fingerprint density at radius 2 is 2.00 bits per heavy atom. The molecular formula is C19H14ClFN2O6. The van der Waals surface area contributed by atoms with E-state index >= 15 is 0 Å². The first-order valence-electron chi connectivity index (χ1n) is 8.18. The third-order valence-electron chi connectivity index (χ3n) is 4.11. The summed E-state index contributed by atoms with van der Waals surface area (Å²) in [6.45, 7) is -0.711. The molecule has 150 valence electrons. The topological polar surface area (TPSA) is 118 Å². The summed E-state index contributed by atoms with van der Waals surface area (Å²) in [4.78, 5) is 35.3. The summed E-state index contributed by atoms with van der Waals surface area (Å²) >= 11 is 5.73. The number of aromatic hydroxyl groups is 1. The van der Waals surface area contributed by atoms with Crippen molar-refractivity contribution in [3.05, 3.63) is 63.2 Å². The fourth-order valence-electron chi connectivity index (χ4n) is 2.70. The van der Waals surface area contributed by atoms with Crippen LogP contribution in [-0.4, -0.2) is 33.2 Å². The van der Waals surface area contributed by atoms with E-state index < -0.39 is 41.1 Å². The monoisotopic (exact) mass is 420 g/mol. The van der Waals surface area contributed by atoms with Crippen LogP contribution in [0, 0.1) is 5.82 Å². The van der Waals surface area contributed by atoms with Crippen LogP contribution in [0.25, 0.3) is 10.9 Å². The molecule has 0 aliphatic carbocycles. The Bertz CT molecular complexity index is 1210. The first-order valence-corrected chi connectivity index (χ1v) is 8.56. The van der Waals surface area contributed by atoms with Crippen molar-refractivity contribution in [1.82, 2.24) is 9.88 Å². The summed E-state index contributed by atoms with van der Waals surface area (Å²) in [6.07, 6.45) is 0. The number of carbonyl (C=O) groups is 2. The normalized spacial score (nSPS) is 10.7. The minimum atomic E-state index is -1.30. The average molecular weight is 421 g/mol. The lowest BCUT2D eigenvalue weighted by Gasteiger charge is -2.13. The molecule has 0 saturated carbocycles. The molecule has 2 aromatic carbocycles. The molecule has 3 N–H and O–H groups in total.